The summed E-state index contributed by atoms with van der Waals surface area (Å²) in [7, 11) is 0. The lowest BCUT2D eigenvalue weighted by Crippen LogP contribution is -2.35. The lowest BCUT2D eigenvalue weighted by Gasteiger charge is -2.34. The van der Waals surface area contributed by atoms with Crippen LogP contribution < -0.4 is 0 Å². The average Bonchev–Trinajstić information content (AvgIpc) is 2.31. The molecule has 0 aromatic rings. The summed E-state index contributed by atoms with van der Waals surface area (Å²) in [6.07, 6.45) is 0.935. The Bertz CT molecular complexity index is 265. The summed E-state index contributed by atoms with van der Waals surface area (Å²) >= 11 is 0. The monoisotopic (exact) mass is 326 g/mol. The van der Waals surface area contributed by atoms with Crippen LogP contribution >= 0.6 is 0 Å². The summed E-state index contributed by atoms with van der Waals surface area (Å²) in [6, 6.07) is 0. The van der Waals surface area contributed by atoms with Gasteiger partial charge in [0.05, 0.1) is 0 Å². The molecule has 0 heterocycles. The van der Waals surface area contributed by atoms with E-state index in [9.17, 15) is 0 Å². The minimum absolute atomic E-state index is 0.0170. The highest BCUT2D eigenvalue weighted by molar-refractivity contribution is 5.53. The van der Waals surface area contributed by atoms with Crippen LogP contribution in [0.5, 0.6) is 0 Å². The normalized spacial score (nSPS) is 12.8. The second kappa shape index (κ2) is 14.4. The summed E-state index contributed by atoms with van der Waals surface area (Å²) < 4.78 is 0. The van der Waals surface area contributed by atoms with Crippen LogP contribution in [0.25, 0.3) is 0 Å². The van der Waals surface area contributed by atoms with Crippen LogP contribution in [0.4, 0.5) is 9.59 Å². The Kier molecular flexibility index (Phi) is 16.6. The second-order valence-corrected chi connectivity index (χ2v) is 5.77. The standard InChI is InChI=1S/C12H26O2.2CH2O3/c1-6-8-9-10(7-2)11(14-13)12(3,4)5;2*2-1(3)4/h10-11,13H,6-9H2,1-5H3;2*(H2,2,3,4). The Morgan fingerprint density at radius 1 is 1.00 bits per heavy atom. The maximum absolute atomic E-state index is 8.96. The molecule has 0 rings (SSSR count). The first-order valence-electron chi connectivity index (χ1n) is 7.07. The Labute approximate surface area is 131 Å². The van der Waals surface area contributed by atoms with E-state index in [1.165, 1.54) is 12.8 Å². The molecule has 0 aliphatic heterocycles. The van der Waals surface area contributed by atoms with Crippen molar-refractivity contribution in [1.82, 2.24) is 0 Å². The van der Waals surface area contributed by atoms with Crippen molar-refractivity contribution in [3.05, 3.63) is 0 Å². The minimum atomic E-state index is -1.83. The summed E-state index contributed by atoms with van der Waals surface area (Å²) in [5.41, 5.74) is 0.0170. The van der Waals surface area contributed by atoms with Crippen molar-refractivity contribution in [3.8, 4) is 0 Å². The highest BCUT2D eigenvalue weighted by atomic mass is 17.1. The fourth-order valence-corrected chi connectivity index (χ4v) is 1.99. The molecule has 0 aliphatic rings. The number of rotatable bonds is 6. The summed E-state index contributed by atoms with van der Waals surface area (Å²) in [5, 5.41) is 36.9. The van der Waals surface area contributed by atoms with E-state index in [0.29, 0.717) is 5.92 Å². The summed E-state index contributed by atoms with van der Waals surface area (Å²) in [5.74, 6) is 0.472. The molecule has 134 valence electrons. The van der Waals surface area contributed by atoms with Crippen molar-refractivity contribution >= 4 is 12.3 Å². The molecule has 2 unspecified atom stereocenters. The predicted octanol–water partition coefficient (Wildman–Crippen LogP) is 4.55. The van der Waals surface area contributed by atoms with E-state index in [1.807, 2.05) is 0 Å². The number of carbonyl (C=O) groups is 2. The maximum atomic E-state index is 8.96. The molecule has 8 nitrogen and oxygen atoms in total. The molecule has 22 heavy (non-hydrogen) atoms. The fourth-order valence-electron chi connectivity index (χ4n) is 1.99. The first kappa shape index (κ1) is 25.4. The lowest BCUT2D eigenvalue weighted by molar-refractivity contribution is -0.312. The highest BCUT2D eigenvalue weighted by Gasteiger charge is 2.32. The van der Waals surface area contributed by atoms with Crippen LogP contribution in [-0.4, -0.2) is 44.1 Å². The van der Waals surface area contributed by atoms with Gasteiger partial charge in [-0.1, -0.05) is 53.9 Å². The van der Waals surface area contributed by atoms with E-state index in [2.05, 4.69) is 39.5 Å². The zero-order chi connectivity index (χ0) is 18.3. The summed E-state index contributed by atoms with van der Waals surface area (Å²) in [4.78, 5) is 21.8. The SMILES string of the molecule is CCCCC(CC)C(OO)C(C)(C)C.O=C(O)O.O=C(O)O. The predicted molar refractivity (Wildman–Crippen MR) is 81.6 cm³/mol. The number of carboxylic acid groups (broad SMARTS) is 4. The second-order valence-electron chi connectivity index (χ2n) is 5.77. The molecule has 0 bridgehead atoms. The third-order valence-electron chi connectivity index (χ3n) is 2.85. The Balaban J connectivity index is -0.000000372. The van der Waals surface area contributed by atoms with E-state index in [-0.39, 0.29) is 11.5 Å². The minimum Gasteiger partial charge on any atom is -0.450 e. The number of hydrogen-bond acceptors (Lipinski definition) is 4. The molecule has 0 amide bonds. The van der Waals surface area contributed by atoms with Crippen LogP contribution in [0.3, 0.4) is 0 Å². The van der Waals surface area contributed by atoms with Crippen LogP contribution in [0.1, 0.15) is 60.3 Å². The maximum Gasteiger partial charge on any atom is 0.503 e. The van der Waals surface area contributed by atoms with Crippen LogP contribution in [0.2, 0.25) is 0 Å². The first-order valence-corrected chi connectivity index (χ1v) is 7.07. The number of unbranched alkanes of at least 4 members (excludes halogenated alkanes) is 1. The average molecular weight is 326 g/mol. The molecule has 0 saturated carbocycles. The van der Waals surface area contributed by atoms with Crippen LogP contribution in [0.15, 0.2) is 0 Å². The van der Waals surface area contributed by atoms with Crippen molar-refractivity contribution in [3.63, 3.8) is 0 Å². The third-order valence-corrected chi connectivity index (χ3v) is 2.85. The van der Waals surface area contributed by atoms with Gasteiger partial charge in [0, 0.05) is 0 Å². The molecule has 0 aromatic carbocycles. The van der Waals surface area contributed by atoms with Gasteiger partial charge in [-0.25, -0.2) is 14.5 Å². The zero-order valence-electron chi connectivity index (χ0n) is 13.9. The Morgan fingerprint density at radius 3 is 1.55 bits per heavy atom. The van der Waals surface area contributed by atoms with Crippen molar-refractivity contribution in [2.75, 3.05) is 0 Å². The van der Waals surface area contributed by atoms with E-state index in [1.54, 1.807) is 0 Å². The molecule has 0 spiro atoms. The van der Waals surface area contributed by atoms with Gasteiger partial charge in [0.1, 0.15) is 6.10 Å². The quantitative estimate of drug-likeness (QED) is 0.353. The highest BCUT2D eigenvalue weighted by Crippen LogP contribution is 2.32. The van der Waals surface area contributed by atoms with Gasteiger partial charge in [-0.15, -0.1) is 0 Å². The molecule has 0 radical (unpaired) electrons. The van der Waals surface area contributed by atoms with Gasteiger partial charge in [0.15, 0.2) is 0 Å². The molecule has 0 saturated heterocycles. The van der Waals surface area contributed by atoms with Crippen LogP contribution in [-0.2, 0) is 4.89 Å². The first-order chi connectivity index (χ1) is 9.93. The molecule has 0 aliphatic carbocycles. The topological polar surface area (TPSA) is 145 Å². The Hall–Kier alpha value is -1.54. The lowest BCUT2D eigenvalue weighted by atomic mass is 9.78. The largest absolute Gasteiger partial charge is 0.503 e. The third kappa shape index (κ3) is 20.8. The summed E-state index contributed by atoms with van der Waals surface area (Å²) in [6.45, 7) is 10.7. The van der Waals surface area contributed by atoms with Gasteiger partial charge in [-0.3, -0.25) is 5.26 Å². The zero-order valence-corrected chi connectivity index (χ0v) is 13.9. The van der Waals surface area contributed by atoms with E-state index >= 15 is 0 Å². The molecule has 2 atom stereocenters. The Morgan fingerprint density at radius 2 is 1.36 bits per heavy atom. The van der Waals surface area contributed by atoms with Crippen molar-refractivity contribution in [1.29, 1.82) is 0 Å². The van der Waals surface area contributed by atoms with E-state index in [0.717, 1.165) is 12.8 Å². The number of hydrogen-bond donors (Lipinski definition) is 5. The van der Waals surface area contributed by atoms with E-state index in [4.69, 9.17) is 35.3 Å². The fraction of sp³-hybridized carbons (Fsp3) is 0.857. The molecular formula is C14H30O8. The van der Waals surface area contributed by atoms with Gasteiger partial charge < -0.3 is 20.4 Å². The van der Waals surface area contributed by atoms with Crippen molar-refractivity contribution in [2.24, 2.45) is 11.3 Å². The molecular weight excluding hydrogens is 296 g/mol. The smallest absolute Gasteiger partial charge is 0.450 e. The molecule has 8 heteroatoms. The van der Waals surface area contributed by atoms with Gasteiger partial charge in [-0.05, 0) is 17.8 Å². The molecule has 0 aromatic heterocycles. The molecule has 5 N–H and O–H groups in total. The van der Waals surface area contributed by atoms with E-state index < -0.39 is 12.3 Å². The van der Waals surface area contributed by atoms with Gasteiger partial charge in [0.25, 0.3) is 0 Å². The van der Waals surface area contributed by atoms with Crippen molar-refractivity contribution in [2.45, 2.75) is 66.4 Å². The molecule has 0 fully saturated rings. The van der Waals surface area contributed by atoms with Crippen LogP contribution in [0, 0.1) is 11.3 Å². The van der Waals surface area contributed by atoms with Gasteiger partial charge >= 0.3 is 12.3 Å². The van der Waals surface area contributed by atoms with Gasteiger partial charge in [0.2, 0.25) is 0 Å². The van der Waals surface area contributed by atoms with Crippen molar-refractivity contribution < 1.29 is 40.2 Å². The van der Waals surface area contributed by atoms with Gasteiger partial charge in [-0.2, -0.15) is 0 Å².